The fraction of sp³-hybridized carbons (Fsp3) is 0.647. The van der Waals surface area contributed by atoms with Crippen molar-refractivity contribution in [2.24, 2.45) is 0 Å². The van der Waals surface area contributed by atoms with Crippen molar-refractivity contribution in [3.63, 3.8) is 0 Å². The van der Waals surface area contributed by atoms with Crippen molar-refractivity contribution in [2.75, 3.05) is 6.61 Å². The van der Waals surface area contributed by atoms with E-state index >= 15 is 0 Å². The summed E-state index contributed by atoms with van der Waals surface area (Å²) in [5, 5.41) is 13.8. The number of aliphatic hydroxyl groups is 1. The maximum absolute atomic E-state index is 12.0. The van der Waals surface area contributed by atoms with Gasteiger partial charge in [0.1, 0.15) is 0 Å². The van der Waals surface area contributed by atoms with Crippen LogP contribution in [0.1, 0.15) is 50.5 Å². The maximum atomic E-state index is 12.0. The molecule has 22 heavy (non-hydrogen) atoms. The molecule has 120 valence electrons. The van der Waals surface area contributed by atoms with Crippen molar-refractivity contribution in [2.45, 2.75) is 62.7 Å². The van der Waals surface area contributed by atoms with Crippen LogP contribution in [0.5, 0.6) is 0 Å². The molecule has 1 atom stereocenters. The van der Waals surface area contributed by atoms with Gasteiger partial charge in [0.2, 0.25) is 5.91 Å². The Labute approximate surface area is 131 Å². The molecule has 0 unspecified atom stereocenters. The summed E-state index contributed by atoms with van der Waals surface area (Å²) in [5.41, 5.74) is 0.0727. The molecule has 1 amide bonds. The number of hydrogen-bond donors (Lipinski definition) is 2. The van der Waals surface area contributed by atoms with Crippen LogP contribution in [0, 0.1) is 0 Å². The number of nitrogens with one attached hydrogen (secondary N) is 1. The van der Waals surface area contributed by atoms with E-state index in [0.717, 1.165) is 37.9 Å². The second-order valence-electron chi connectivity index (χ2n) is 6.45. The highest BCUT2D eigenvalue weighted by molar-refractivity contribution is 5.76. The predicted molar refractivity (Wildman–Crippen MR) is 82.1 cm³/mol. The zero-order valence-electron chi connectivity index (χ0n) is 12.8. The largest absolute Gasteiger partial charge is 0.385 e. The minimum atomic E-state index is -0.802. The van der Waals surface area contributed by atoms with Crippen LogP contribution >= 0.6 is 0 Å². The minimum Gasteiger partial charge on any atom is -0.385 e. The summed E-state index contributed by atoms with van der Waals surface area (Å²) in [6.07, 6.45) is 8.94. The zero-order chi connectivity index (χ0) is 15.4. The molecule has 1 saturated carbocycles. The number of pyridine rings is 1. The number of amides is 1. The van der Waals surface area contributed by atoms with E-state index in [1.165, 1.54) is 0 Å². The first-order chi connectivity index (χ1) is 10.7. The SMILES string of the molecule is O=C(C[C@@H]1CCCO1)NC1CCC(O)(c2cccnc2)CC1. The zero-order valence-corrected chi connectivity index (χ0v) is 12.8. The molecule has 1 aromatic heterocycles. The van der Waals surface area contributed by atoms with E-state index in [0.29, 0.717) is 19.3 Å². The summed E-state index contributed by atoms with van der Waals surface area (Å²) >= 11 is 0. The molecule has 1 aliphatic heterocycles. The lowest BCUT2D eigenvalue weighted by molar-refractivity contribution is -0.124. The first-order valence-electron chi connectivity index (χ1n) is 8.19. The second-order valence-corrected chi connectivity index (χ2v) is 6.45. The Balaban J connectivity index is 1.48. The van der Waals surface area contributed by atoms with Gasteiger partial charge in [-0.15, -0.1) is 0 Å². The van der Waals surface area contributed by atoms with Gasteiger partial charge in [-0.3, -0.25) is 9.78 Å². The van der Waals surface area contributed by atoms with Gasteiger partial charge < -0.3 is 15.2 Å². The molecule has 2 fully saturated rings. The van der Waals surface area contributed by atoms with Crippen LogP contribution in [0.4, 0.5) is 0 Å². The van der Waals surface area contributed by atoms with Crippen LogP contribution < -0.4 is 5.32 Å². The van der Waals surface area contributed by atoms with Crippen LogP contribution in [-0.4, -0.2) is 34.8 Å². The summed E-state index contributed by atoms with van der Waals surface area (Å²) in [5.74, 6) is 0.0729. The molecule has 0 spiro atoms. The molecular weight excluding hydrogens is 280 g/mol. The van der Waals surface area contributed by atoms with Crippen molar-refractivity contribution in [1.29, 1.82) is 0 Å². The molecule has 3 rings (SSSR count). The summed E-state index contributed by atoms with van der Waals surface area (Å²) in [6.45, 7) is 0.777. The molecule has 5 nitrogen and oxygen atoms in total. The second kappa shape index (κ2) is 6.75. The van der Waals surface area contributed by atoms with E-state index in [4.69, 9.17) is 4.74 Å². The number of aromatic nitrogens is 1. The lowest BCUT2D eigenvalue weighted by atomic mass is 9.78. The van der Waals surface area contributed by atoms with Crippen LogP contribution in [0.2, 0.25) is 0 Å². The smallest absolute Gasteiger partial charge is 0.222 e. The Bertz CT molecular complexity index is 492. The number of carbonyl (C=O) groups is 1. The Morgan fingerprint density at radius 1 is 1.41 bits per heavy atom. The number of nitrogens with zero attached hydrogens (tertiary/aromatic N) is 1. The van der Waals surface area contributed by atoms with E-state index in [-0.39, 0.29) is 18.1 Å². The Kier molecular flexibility index (Phi) is 4.74. The highest BCUT2D eigenvalue weighted by Crippen LogP contribution is 2.36. The van der Waals surface area contributed by atoms with Crippen molar-refractivity contribution in [3.8, 4) is 0 Å². The quantitative estimate of drug-likeness (QED) is 0.891. The van der Waals surface area contributed by atoms with Crippen LogP contribution in [-0.2, 0) is 15.1 Å². The summed E-state index contributed by atoms with van der Waals surface area (Å²) < 4.78 is 5.50. The number of ether oxygens (including phenoxy) is 1. The van der Waals surface area contributed by atoms with Gasteiger partial charge in [0, 0.05) is 30.6 Å². The first-order valence-corrected chi connectivity index (χ1v) is 8.19. The van der Waals surface area contributed by atoms with Gasteiger partial charge in [0.05, 0.1) is 18.1 Å². The van der Waals surface area contributed by atoms with Crippen molar-refractivity contribution in [3.05, 3.63) is 30.1 Å². The highest BCUT2D eigenvalue weighted by Gasteiger charge is 2.35. The molecule has 5 heteroatoms. The molecular formula is C17H24N2O3. The lowest BCUT2D eigenvalue weighted by Gasteiger charge is -2.36. The molecule has 0 aromatic carbocycles. The highest BCUT2D eigenvalue weighted by atomic mass is 16.5. The molecule has 2 heterocycles. The number of hydrogen-bond acceptors (Lipinski definition) is 4. The van der Waals surface area contributed by atoms with E-state index in [1.807, 2.05) is 12.1 Å². The van der Waals surface area contributed by atoms with E-state index in [2.05, 4.69) is 10.3 Å². The fourth-order valence-electron chi connectivity index (χ4n) is 3.47. The average Bonchev–Trinajstić information content (AvgIpc) is 3.03. The minimum absolute atomic E-state index is 0.0729. The molecule has 0 bridgehead atoms. The van der Waals surface area contributed by atoms with Gasteiger partial charge in [0.25, 0.3) is 0 Å². The molecule has 1 aromatic rings. The molecule has 1 aliphatic carbocycles. The van der Waals surface area contributed by atoms with Gasteiger partial charge in [-0.2, -0.15) is 0 Å². The molecule has 2 N–H and O–H groups in total. The Morgan fingerprint density at radius 2 is 2.23 bits per heavy atom. The van der Waals surface area contributed by atoms with Crippen LogP contribution in [0.25, 0.3) is 0 Å². The molecule has 1 saturated heterocycles. The van der Waals surface area contributed by atoms with Crippen molar-refractivity contribution in [1.82, 2.24) is 10.3 Å². The normalized spacial score (nSPS) is 31.9. The predicted octanol–water partition coefficient (Wildman–Crippen LogP) is 1.90. The Hall–Kier alpha value is -1.46. The number of carbonyl (C=O) groups excluding carboxylic acids is 1. The summed E-state index contributed by atoms with van der Waals surface area (Å²) in [7, 11) is 0. The van der Waals surface area contributed by atoms with E-state index in [9.17, 15) is 9.90 Å². The van der Waals surface area contributed by atoms with E-state index in [1.54, 1.807) is 12.4 Å². The standard InChI is InChI=1S/C17H24N2O3/c20-16(11-15-4-2-10-22-15)19-14-5-7-17(21,8-6-14)13-3-1-9-18-12-13/h1,3,9,12,14-15,21H,2,4-8,10-11H2,(H,19,20)/t14?,15-,17?/m0/s1. The van der Waals surface area contributed by atoms with Crippen molar-refractivity contribution < 1.29 is 14.6 Å². The summed E-state index contributed by atoms with van der Waals surface area (Å²) in [4.78, 5) is 16.1. The van der Waals surface area contributed by atoms with Crippen LogP contribution in [0.3, 0.4) is 0 Å². The molecule has 2 aliphatic rings. The third-order valence-electron chi connectivity index (χ3n) is 4.81. The van der Waals surface area contributed by atoms with Gasteiger partial charge in [-0.25, -0.2) is 0 Å². The lowest BCUT2D eigenvalue weighted by Crippen LogP contribution is -2.43. The maximum Gasteiger partial charge on any atom is 0.222 e. The summed E-state index contributed by atoms with van der Waals surface area (Å²) in [6, 6.07) is 3.93. The third-order valence-corrected chi connectivity index (χ3v) is 4.81. The van der Waals surface area contributed by atoms with Gasteiger partial charge >= 0.3 is 0 Å². The van der Waals surface area contributed by atoms with Gasteiger partial charge in [-0.05, 0) is 44.6 Å². The van der Waals surface area contributed by atoms with Crippen LogP contribution in [0.15, 0.2) is 24.5 Å². The monoisotopic (exact) mass is 304 g/mol. The number of rotatable bonds is 4. The van der Waals surface area contributed by atoms with Gasteiger partial charge in [0.15, 0.2) is 0 Å². The van der Waals surface area contributed by atoms with E-state index < -0.39 is 5.60 Å². The first kappa shape index (κ1) is 15.4. The fourth-order valence-corrected chi connectivity index (χ4v) is 3.47. The average molecular weight is 304 g/mol. The van der Waals surface area contributed by atoms with Gasteiger partial charge in [-0.1, -0.05) is 6.07 Å². The third kappa shape index (κ3) is 3.65. The molecule has 0 radical (unpaired) electrons. The topological polar surface area (TPSA) is 71.5 Å². The Morgan fingerprint density at radius 3 is 2.86 bits per heavy atom. The van der Waals surface area contributed by atoms with Crippen molar-refractivity contribution >= 4 is 5.91 Å².